The van der Waals surface area contributed by atoms with Gasteiger partial charge in [0.05, 0.1) is 40.3 Å². The van der Waals surface area contributed by atoms with Gasteiger partial charge >= 0.3 is 11.9 Å². The highest BCUT2D eigenvalue weighted by atomic mass is 16.6. The van der Waals surface area contributed by atoms with Crippen molar-refractivity contribution in [2.75, 3.05) is 41.0 Å². The molecule has 0 rings (SSSR count). The maximum atomic E-state index is 12.8. The zero-order valence-electron chi connectivity index (χ0n) is 43.8. The molecule has 0 radical (unpaired) electrons. The summed E-state index contributed by atoms with van der Waals surface area (Å²) in [7, 11) is 5.41. The fourth-order valence-electron chi connectivity index (χ4n) is 7.67. The van der Waals surface area contributed by atoms with Gasteiger partial charge in [0.15, 0.2) is 6.10 Å². The number of allylic oxidation sites excluding steroid dienone is 14. The normalized spacial score (nSPS) is 13.5. The van der Waals surface area contributed by atoms with Crippen LogP contribution in [0.4, 0.5) is 0 Å². The number of likely N-dealkylation sites (N-methyl/N-ethyl adjacent to an activating group) is 1. The molecule has 0 amide bonds. The molecular weight excluding hydrogens is 835 g/mol. The van der Waals surface area contributed by atoms with Crippen LogP contribution in [-0.4, -0.2) is 75.5 Å². The van der Waals surface area contributed by atoms with E-state index in [2.05, 4.69) is 98.9 Å². The number of carboxylic acids is 1. The van der Waals surface area contributed by atoms with E-state index < -0.39 is 18.1 Å². The summed E-state index contributed by atoms with van der Waals surface area (Å²) in [5, 5.41) is 11.7. The molecule has 0 aliphatic heterocycles. The summed E-state index contributed by atoms with van der Waals surface area (Å²) < 4.78 is 17.3. The molecule has 8 nitrogen and oxygen atoms in total. The quantitative estimate of drug-likeness (QED) is 0.0259. The van der Waals surface area contributed by atoms with Crippen LogP contribution in [0.2, 0.25) is 0 Å². The Morgan fingerprint density at radius 1 is 0.448 bits per heavy atom. The third-order valence-corrected chi connectivity index (χ3v) is 11.8. The number of carboxylic acid groups (broad SMARTS) is 1. The van der Waals surface area contributed by atoms with Crippen LogP contribution in [0.5, 0.6) is 0 Å². The zero-order chi connectivity index (χ0) is 49.2. The molecule has 0 heterocycles. The molecule has 0 aromatic heterocycles. The van der Waals surface area contributed by atoms with E-state index in [9.17, 15) is 19.5 Å². The van der Waals surface area contributed by atoms with Crippen molar-refractivity contribution in [1.82, 2.24) is 0 Å². The monoisotopic (exact) mass is 936 g/mol. The largest absolute Gasteiger partial charge is 0.544 e. The van der Waals surface area contributed by atoms with E-state index >= 15 is 0 Å². The number of carbonyl (C=O) groups excluding carboxylic acids is 3. The Labute approximate surface area is 412 Å². The van der Waals surface area contributed by atoms with Crippen LogP contribution in [0.25, 0.3) is 0 Å². The van der Waals surface area contributed by atoms with E-state index in [4.69, 9.17) is 14.2 Å². The van der Waals surface area contributed by atoms with E-state index in [-0.39, 0.29) is 42.7 Å². The van der Waals surface area contributed by atoms with E-state index in [1.54, 1.807) is 21.1 Å². The lowest BCUT2D eigenvalue weighted by molar-refractivity contribution is -0.889. The molecule has 0 N–H and O–H groups in total. The van der Waals surface area contributed by atoms with Crippen LogP contribution in [0.15, 0.2) is 85.1 Å². The van der Waals surface area contributed by atoms with Crippen molar-refractivity contribution < 1.29 is 38.2 Å². The molecule has 0 aromatic rings. The molecule has 0 spiro atoms. The van der Waals surface area contributed by atoms with Gasteiger partial charge in [0, 0.05) is 19.3 Å². The SMILES string of the molecule is CC/C=C/C/C=C/C/C=C/C/C=C/CCCCCCCCCCCCC(=O)OCC(COCCC(C(=O)[O-])[N+](C)(C)C)OC(=O)CCCCCCCCCCCC/C=C/C/C=C/C/C=C/CC. The molecule has 0 aliphatic carbocycles. The van der Waals surface area contributed by atoms with Crippen LogP contribution in [0, 0.1) is 0 Å². The molecule has 2 atom stereocenters. The first kappa shape index (κ1) is 63.5. The summed E-state index contributed by atoms with van der Waals surface area (Å²) in [5.41, 5.74) is 0. The topological polar surface area (TPSA) is 102 Å². The maximum absolute atomic E-state index is 12.8. The number of nitrogens with zero attached hydrogens (tertiary/aromatic N) is 1. The molecule has 0 aliphatic rings. The molecular formula is C59H101NO7. The Kier molecular flexibility index (Phi) is 46.4. The summed E-state index contributed by atoms with van der Waals surface area (Å²) in [6.45, 7) is 4.45. The summed E-state index contributed by atoms with van der Waals surface area (Å²) in [4.78, 5) is 37.1. The molecule has 0 bridgehead atoms. The Bertz CT molecular complexity index is 1370. The number of hydrogen-bond donors (Lipinski definition) is 0. The highest BCUT2D eigenvalue weighted by molar-refractivity contribution is 5.70. The van der Waals surface area contributed by atoms with E-state index in [0.29, 0.717) is 12.8 Å². The first-order chi connectivity index (χ1) is 32.6. The summed E-state index contributed by atoms with van der Waals surface area (Å²) in [5.74, 6) is -1.75. The zero-order valence-corrected chi connectivity index (χ0v) is 43.8. The van der Waals surface area contributed by atoms with Crippen molar-refractivity contribution in [2.24, 2.45) is 0 Å². The van der Waals surface area contributed by atoms with Crippen molar-refractivity contribution in [3.63, 3.8) is 0 Å². The average molecular weight is 936 g/mol. The van der Waals surface area contributed by atoms with Gasteiger partial charge in [-0.05, 0) is 83.5 Å². The Morgan fingerprint density at radius 2 is 0.791 bits per heavy atom. The lowest BCUT2D eigenvalue weighted by atomic mass is 10.0. The molecule has 0 saturated heterocycles. The average Bonchev–Trinajstić information content (AvgIpc) is 3.29. The molecule has 8 heteroatoms. The Hall–Kier alpha value is -3.49. The number of aliphatic carboxylic acids is 1. The van der Waals surface area contributed by atoms with Gasteiger partial charge in [-0.2, -0.15) is 0 Å². The van der Waals surface area contributed by atoms with Crippen molar-refractivity contribution in [1.29, 1.82) is 0 Å². The summed E-state index contributed by atoms with van der Waals surface area (Å²) in [6, 6.07) is -0.732. The molecule has 384 valence electrons. The second-order valence-corrected chi connectivity index (χ2v) is 19.1. The summed E-state index contributed by atoms with van der Waals surface area (Å²) >= 11 is 0. The number of ether oxygens (including phenoxy) is 3. The predicted octanol–water partition coefficient (Wildman–Crippen LogP) is 14.7. The van der Waals surface area contributed by atoms with Gasteiger partial charge in [0.1, 0.15) is 12.6 Å². The Morgan fingerprint density at radius 3 is 1.16 bits per heavy atom. The van der Waals surface area contributed by atoms with E-state index in [1.807, 2.05) is 0 Å². The van der Waals surface area contributed by atoms with Gasteiger partial charge in [0.2, 0.25) is 0 Å². The number of hydrogen-bond acceptors (Lipinski definition) is 7. The Balaban J connectivity index is 4.22. The first-order valence-corrected chi connectivity index (χ1v) is 27.1. The third-order valence-electron chi connectivity index (χ3n) is 11.8. The minimum atomic E-state index is -1.13. The van der Waals surface area contributed by atoms with Gasteiger partial charge < -0.3 is 28.6 Å². The second kappa shape index (κ2) is 48.9. The van der Waals surface area contributed by atoms with Crippen molar-refractivity contribution >= 4 is 17.9 Å². The van der Waals surface area contributed by atoms with Gasteiger partial charge in [-0.15, -0.1) is 0 Å². The molecule has 0 saturated carbocycles. The van der Waals surface area contributed by atoms with Gasteiger partial charge in [0.25, 0.3) is 0 Å². The van der Waals surface area contributed by atoms with Crippen LogP contribution in [0.3, 0.4) is 0 Å². The summed E-state index contributed by atoms with van der Waals surface area (Å²) in [6.07, 6.45) is 64.7. The van der Waals surface area contributed by atoms with Crippen molar-refractivity contribution in [2.45, 2.75) is 231 Å². The molecule has 2 unspecified atom stereocenters. The van der Waals surface area contributed by atoms with Crippen LogP contribution < -0.4 is 5.11 Å². The van der Waals surface area contributed by atoms with Crippen LogP contribution in [-0.2, 0) is 28.6 Å². The number of quaternary nitrogens is 1. The molecule has 0 fully saturated rings. The fraction of sp³-hybridized carbons (Fsp3) is 0.712. The smallest absolute Gasteiger partial charge is 0.306 e. The number of carbonyl (C=O) groups is 3. The van der Waals surface area contributed by atoms with Gasteiger partial charge in [-0.25, -0.2) is 0 Å². The number of esters is 2. The standard InChI is InChI=1S/C59H101NO7/c1-6-8-10-12-14-16-18-20-22-24-26-28-29-30-32-33-35-37-39-41-43-45-47-49-57(61)66-54-55(53-65-52-51-56(59(63)64)60(3,4)5)67-58(62)50-48-46-44-42-40-38-36-34-31-27-25-23-21-19-17-15-13-11-9-7-2/h8-11,14-17,20-23,26,28,55-56H,6-7,12-13,18-19,24-25,27,29-54H2,1-5H3/b10-8+,11-9+,16-14+,17-15+,22-20+,23-21+,28-26+. The molecule has 0 aromatic carbocycles. The number of rotatable bonds is 48. The highest BCUT2D eigenvalue weighted by Gasteiger charge is 2.25. The van der Waals surface area contributed by atoms with E-state index in [1.165, 1.54) is 103 Å². The van der Waals surface area contributed by atoms with Crippen LogP contribution in [0.1, 0.15) is 219 Å². The minimum absolute atomic E-state index is 0.0347. The van der Waals surface area contributed by atoms with Crippen molar-refractivity contribution in [3.05, 3.63) is 85.1 Å². The molecule has 67 heavy (non-hydrogen) atoms. The second-order valence-electron chi connectivity index (χ2n) is 19.1. The van der Waals surface area contributed by atoms with Crippen LogP contribution >= 0.6 is 0 Å². The van der Waals surface area contributed by atoms with E-state index in [0.717, 1.165) is 83.5 Å². The lowest BCUT2D eigenvalue weighted by Crippen LogP contribution is -2.55. The third kappa shape index (κ3) is 47.4. The predicted molar refractivity (Wildman–Crippen MR) is 282 cm³/mol. The minimum Gasteiger partial charge on any atom is -0.544 e. The van der Waals surface area contributed by atoms with Gasteiger partial charge in [-0.3, -0.25) is 9.59 Å². The lowest BCUT2D eigenvalue weighted by Gasteiger charge is -2.34. The number of unbranched alkanes of at least 4 members (excludes halogenated alkanes) is 20. The maximum Gasteiger partial charge on any atom is 0.306 e. The van der Waals surface area contributed by atoms with Crippen molar-refractivity contribution in [3.8, 4) is 0 Å². The fourth-order valence-corrected chi connectivity index (χ4v) is 7.67. The van der Waals surface area contributed by atoms with Gasteiger partial charge in [-0.1, -0.05) is 202 Å². The first-order valence-electron chi connectivity index (χ1n) is 27.1. The highest BCUT2D eigenvalue weighted by Crippen LogP contribution is 2.15.